The topological polar surface area (TPSA) is 32.7 Å². The summed E-state index contributed by atoms with van der Waals surface area (Å²) >= 11 is 0. The molecule has 14 heavy (non-hydrogen) atoms. The van der Waals surface area contributed by atoms with E-state index in [4.69, 9.17) is 4.74 Å². The molecule has 3 heteroatoms. The van der Waals surface area contributed by atoms with Gasteiger partial charge in [0.1, 0.15) is 0 Å². The molecule has 2 fully saturated rings. The molecule has 0 aliphatic carbocycles. The van der Waals surface area contributed by atoms with Crippen molar-refractivity contribution in [2.24, 2.45) is 5.41 Å². The smallest absolute Gasteiger partial charge is 0.0718 e. The number of ether oxygens (including phenoxy) is 1. The van der Waals surface area contributed by atoms with E-state index in [0.29, 0.717) is 5.41 Å². The molecule has 2 aliphatic heterocycles. The van der Waals surface area contributed by atoms with Crippen LogP contribution in [-0.2, 0) is 4.74 Å². The lowest BCUT2D eigenvalue weighted by atomic mass is 9.73. The monoisotopic (exact) mass is 199 g/mol. The van der Waals surface area contributed by atoms with Gasteiger partial charge in [0.25, 0.3) is 0 Å². The molecule has 2 aliphatic rings. The Morgan fingerprint density at radius 3 is 2.36 bits per heavy atom. The van der Waals surface area contributed by atoms with Crippen molar-refractivity contribution in [3.63, 3.8) is 0 Å². The third-order valence-electron chi connectivity index (χ3n) is 3.28. The maximum absolute atomic E-state index is 9.67. The van der Waals surface area contributed by atoms with E-state index >= 15 is 0 Å². The molecular weight excluding hydrogens is 178 g/mol. The number of hydrogen-bond donors (Lipinski definition) is 1. The number of hydrogen-bond acceptors (Lipinski definition) is 3. The van der Waals surface area contributed by atoms with Crippen molar-refractivity contribution in [1.82, 2.24) is 4.90 Å². The number of β-amino-alcohol motifs (C(OH)–C–C–N with tert-alkyl or cyclic N) is 1. The average molecular weight is 199 g/mol. The van der Waals surface area contributed by atoms with E-state index in [2.05, 4.69) is 4.90 Å². The molecule has 0 saturated carbocycles. The van der Waals surface area contributed by atoms with Crippen molar-refractivity contribution in [2.45, 2.75) is 32.3 Å². The molecule has 0 radical (unpaired) electrons. The van der Waals surface area contributed by atoms with E-state index in [1.54, 1.807) is 0 Å². The van der Waals surface area contributed by atoms with Crippen LogP contribution in [0.25, 0.3) is 0 Å². The summed E-state index contributed by atoms with van der Waals surface area (Å²) in [6, 6.07) is 0. The Labute approximate surface area is 86.0 Å². The van der Waals surface area contributed by atoms with E-state index in [1.807, 2.05) is 13.8 Å². The Morgan fingerprint density at radius 2 is 1.86 bits per heavy atom. The van der Waals surface area contributed by atoms with Crippen molar-refractivity contribution < 1.29 is 9.84 Å². The molecule has 0 aromatic carbocycles. The van der Waals surface area contributed by atoms with Gasteiger partial charge in [-0.3, -0.25) is 4.90 Å². The molecule has 2 heterocycles. The van der Waals surface area contributed by atoms with Crippen molar-refractivity contribution in [1.29, 1.82) is 0 Å². The van der Waals surface area contributed by atoms with E-state index in [1.165, 1.54) is 12.8 Å². The van der Waals surface area contributed by atoms with Crippen molar-refractivity contribution in [3.8, 4) is 0 Å². The first-order chi connectivity index (χ1) is 6.49. The quantitative estimate of drug-likeness (QED) is 0.716. The van der Waals surface area contributed by atoms with Gasteiger partial charge in [-0.05, 0) is 26.7 Å². The van der Waals surface area contributed by atoms with Gasteiger partial charge < -0.3 is 9.84 Å². The lowest BCUT2D eigenvalue weighted by molar-refractivity contribution is -0.102. The van der Waals surface area contributed by atoms with Gasteiger partial charge in [-0.15, -0.1) is 0 Å². The third kappa shape index (κ3) is 2.27. The first-order valence-corrected chi connectivity index (χ1v) is 5.52. The predicted molar refractivity (Wildman–Crippen MR) is 55.2 cm³/mol. The number of rotatable bonds is 2. The van der Waals surface area contributed by atoms with Crippen LogP contribution in [0.5, 0.6) is 0 Å². The maximum atomic E-state index is 9.67. The van der Waals surface area contributed by atoms with Crippen LogP contribution in [0.1, 0.15) is 26.7 Å². The van der Waals surface area contributed by atoms with Crippen LogP contribution < -0.4 is 0 Å². The average Bonchev–Trinajstić information content (AvgIpc) is 2.00. The summed E-state index contributed by atoms with van der Waals surface area (Å²) in [6.07, 6.45) is 2.41. The molecule has 2 rings (SSSR count). The van der Waals surface area contributed by atoms with Crippen LogP contribution in [0.3, 0.4) is 0 Å². The van der Waals surface area contributed by atoms with Crippen molar-refractivity contribution in [3.05, 3.63) is 0 Å². The molecule has 0 aromatic rings. The fraction of sp³-hybridized carbons (Fsp3) is 1.00. The van der Waals surface area contributed by atoms with Gasteiger partial charge in [-0.1, -0.05) is 0 Å². The highest BCUT2D eigenvalue weighted by molar-refractivity contribution is 4.97. The van der Waals surface area contributed by atoms with Gasteiger partial charge in [-0.2, -0.15) is 0 Å². The second kappa shape index (κ2) is 3.47. The van der Waals surface area contributed by atoms with Crippen molar-refractivity contribution in [2.75, 3.05) is 32.8 Å². The molecule has 0 bridgehead atoms. The highest BCUT2D eigenvalue weighted by atomic mass is 16.5. The molecule has 0 unspecified atom stereocenters. The van der Waals surface area contributed by atoms with Crippen LogP contribution in [0.2, 0.25) is 0 Å². The lowest BCUT2D eigenvalue weighted by Crippen LogP contribution is -2.60. The molecule has 3 nitrogen and oxygen atoms in total. The lowest BCUT2D eigenvalue weighted by Gasteiger charge is -2.53. The van der Waals surface area contributed by atoms with E-state index in [9.17, 15) is 5.11 Å². The summed E-state index contributed by atoms with van der Waals surface area (Å²) in [5.41, 5.74) is -0.0176. The second-order valence-corrected chi connectivity index (χ2v) is 5.57. The largest absolute Gasteiger partial charge is 0.389 e. The highest BCUT2D eigenvalue weighted by Crippen LogP contribution is 2.40. The van der Waals surface area contributed by atoms with Crippen LogP contribution >= 0.6 is 0 Å². The summed E-state index contributed by atoms with van der Waals surface area (Å²) < 4.78 is 5.37. The molecule has 2 saturated heterocycles. The molecule has 82 valence electrons. The zero-order chi connectivity index (χ0) is 10.2. The first-order valence-electron chi connectivity index (χ1n) is 5.52. The minimum Gasteiger partial charge on any atom is -0.389 e. The molecular formula is C11H21NO2. The summed E-state index contributed by atoms with van der Waals surface area (Å²) in [5, 5.41) is 9.67. The molecule has 0 aromatic heterocycles. The van der Waals surface area contributed by atoms with Crippen molar-refractivity contribution >= 4 is 0 Å². The Balaban J connectivity index is 1.78. The van der Waals surface area contributed by atoms with Gasteiger partial charge in [0.05, 0.1) is 5.60 Å². The summed E-state index contributed by atoms with van der Waals surface area (Å²) in [4.78, 5) is 2.35. The number of aliphatic hydroxyl groups is 1. The summed E-state index contributed by atoms with van der Waals surface area (Å²) in [7, 11) is 0. The summed E-state index contributed by atoms with van der Waals surface area (Å²) in [6.45, 7) is 8.72. The van der Waals surface area contributed by atoms with E-state index in [0.717, 1.165) is 32.8 Å². The normalized spacial score (nSPS) is 27.6. The maximum Gasteiger partial charge on any atom is 0.0718 e. The number of likely N-dealkylation sites (tertiary alicyclic amines) is 1. The zero-order valence-electron chi connectivity index (χ0n) is 9.25. The van der Waals surface area contributed by atoms with E-state index in [-0.39, 0.29) is 0 Å². The Morgan fingerprint density at radius 1 is 1.29 bits per heavy atom. The SMILES string of the molecule is CC(C)(O)CN1CC2(CCOCC2)C1. The van der Waals surface area contributed by atoms with Gasteiger partial charge >= 0.3 is 0 Å². The number of nitrogens with zero attached hydrogens (tertiary/aromatic N) is 1. The minimum absolute atomic E-state index is 0.531. The minimum atomic E-state index is -0.549. The Bertz CT molecular complexity index is 196. The van der Waals surface area contributed by atoms with Gasteiger partial charge in [-0.25, -0.2) is 0 Å². The van der Waals surface area contributed by atoms with Crippen LogP contribution in [-0.4, -0.2) is 48.5 Å². The molecule has 0 amide bonds. The van der Waals surface area contributed by atoms with Gasteiger partial charge in [0.15, 0.2) is 0 Å². The first kappa shape index (κ1) is 10.4. The summed E-state index contributed by atoms with van der Waals surface area (Å²) in [5.74, 6) is 0. The third-order valence-corrected chi connectivity index (χ3v) is 3.28. The van der Waals surface area contributed by atoms with Crippen LogP contribution in [0.15, 0.2) is 0 Å². The molecule has 1 N–H and O–H groups in total. The Kier molecular flexibility index (Phi) is 2.58. The van der Waals surface area contributed by atoms with Gasteiger partial charge in [0.2, 0.25) is 0 Å². The second-order valence-electron chi connectivity index (χ2n) is 5.57. The van der Waals surface area contributed by atoms with E-state index < -0.39 is 5.60 Å². The Hall–Kier alpha value is -0.120. The standard InChI is InChI=1S/C11H21NO2/c1-10(2,13)7-12-8-11(9-12)3-5-14-6-4-11/h13H,3-9H2,1-2H3. The highest BCUT2D eigenvalue weighted by Gasteiger charge is 2.44. The molecule has 0 atom stereocenters. The zero-order valence-corrected chi connectivity index (χ0v) is 9.25. The van der Waals surface area contributed by atoms with Crippen LogP contribution in [0, 0.1) is 5.41 Å². The fourth-order valence-electron chi connectivity index (χ4n) is 2.68. The van der Waals surface area contributed by atoms with Crippen LogP contribution in [0.4, 0.5) is 0 Å². The molecule has 1 spiro atoms. The predicted octanol–water partition coefficient (Wildman–Crippen LogP) is 0.870. The fourth-order valence-corrected chi connectivity index (χ4v) is 2.68. The van der Waals surface area contributed by atoms with Gasteiger partial charge in [0, 0.05) is 38.3 Å².